The van der Waals surface area contributed by atoms with Crippen LogP contribution in [-0.2, 0) is 6.54 Å². The maximum Gasteiger partial charge on any atom is 0.0897 e. The van der Waals surface area contributed by atoms with Crippen LogP contribution in [0.25, 0.3) is 0 Å². The van der Waals surface area contributed by atoms with Gasteiger partial charge in [0.15, 0.2) is 0 Å². The van der Waals surface area contributed by atoms with Gasteiger partial charge >= 0.3 is 0 Å². The summed E-state index contributed by atoms with van der Waals surface area (Å²) in [6, 6.07) is 0.756. The molecule has 1 aliphatic rings. The molecule has 12 heavy (non-hydrogen) atoms. The highest BCUT2D eigenvalue weighted by Crippen LogP contribution is 2.29. The molecule has 2 atom stereocenters. The summed E-state index contributed by atoms with van der Waals surface area (Å²) in [6.45, 7) is 5.28. The van der Waals surface area contributed by atoms with E-state index in [4.69, 9.17) is 0 Å². The number of nitrogens with one attached hydrogen (secondary N) is 1. The quantitative estimate of drug-likeness (QED) is 0.773. The zero-order valence-electron chi connectivity index (χ0n) is 7.50. The topological polar surface area (TPSA) is 24.9 Å². The number of aromatic nitrogens is 1. The van der Waals surface area contributed by atoms with Crippen LogP contribution in [0.4, 0.5) is 0 Å². The molecule has 3 heteroatoms. The highest BCUT2D eigenvalue weighted by atomic mass is 32.1. The Morgan fingerprint density at radius 3 is 3.00 bits per heavy atom. The predicted molar refractivity (Wildman–Crippen MR) is 51.3 cm³/mol. The third-order valence-corrected chi connectivity index (χ3v) is 3.14. The number of nitrogens with zero attached hydrogens (tertiary/aromatic N) is 1. The van der Waals surface area contributed by atoms with E-state index in [0.717, 1.165) is 23.5 Å². The van der Waals surface area contributed by atoms with Crippen LogP contribution in [0.5, 0.6) is 0 Å². The van der Waals surface area contributed by atoms with Crippen molar-refractivity contribution in [2.24, 2.45) is 5.92 Å². The van der Waals surface area contributed by atoms with Crippen LogP contribution in [-0.4, -0.2) is 11.0 Å². The Kier molecular flexibility index (Phi) is 2.15. The van der Waals surface area contributed by atoms with E-state index in [1.807, 2.05) is 6.92 Å². The van der Waals surface area contributed by atoms with Crippen LogP contribution >= 0.6 is 11.3 Å². The molecule has 1 N–H and O–H groups in total. The van der Waals surface area contributed by atoms with Crippen molar-refractivity contribution in [3.05, 3.63) is 16.1 Å². The molecular weight excluding hydrogens is 168 g/mol. The predicted octanol–water partition coefficient (Wildman–Crippen LogP) is 1.95. The molecule has 0 aliphatic heterocycles. The van der Waals surface area contributed by atoms with E-state index in [2.05, 4.69) is 22.6 Å². The van der Waals surface area contributed by atoms with Crippen molar-refractivity contribution < 1.29 is 0 Å². The molecule has 1 aliphatic carbocycles. The minimum atomic E-state index is 0.756. The van der Waals surface area contributed by atoms with Gasteiger partial charge in [0.05, 0.1) is 10.7 Å². The Morgan fingerprint density at radius 1 is 1.75 bits per heavy atom. The van der Waals surface area contributed by atoms with Gasteiger partial charge in [0, 0.05) is 18.0 Å². The van der Waals surface area contributed by atoms with Crippen LogP contribution < -0.4 is 5.32 Å². The molecule has 2 nitrogen and oxygen atoms in total. The Hall–Kier alpha value is -0.410. The molecule has 1 fully saturated rings. The van der Waals surface area contributed by atoms with Gasteiger partial charge in [0.25, 0.3) is 0 Å². The molecular formula is C9H14N2S. The summed E-state index contributed by atoms with van der Waals surface area (Å²) in [5.41, 5.74) is 1.19. The third kappa shape index (κ3) is 1.84. The molecule has 1 saturated carbocycles. The van der Waals surface area contributed by atoms with E-state index in [1.54, 1.807) is 11.3 Å². The van der Waals surface area contributed by atoms with Gasteiger partial charge in [-0.1, -0.05) is 6.92 Å². The van der Waals surface area contributed by atoms with E-state index in [0.29, 0.717) is 0 Å². The molecule has 0 bridgehead atoms. The molecule has 1 aromatic heterocycles. The lowest BCUT2D eigenvalue weighted by molar-refractivity contribution is 0.644. The average Bonchev–Trinajstić information content (AvgIpc) is 2.56. The lowest BCUT2D eigenvalue weighted by atomic mass is 10.4. The van der Waals surface area contributed by atoms with E-state index >= 15 is 0 Å². The molecule has 0 amide bonds. The first-order chi connectivity index (χ1) is 5.75. The molecule has 0 radical (unpaired) electrons. The molecule has 1 heterocycles. The first-order valence-corrected chi connectivity index (χ1v) is 5.28. The van der Waals surface area contributed by atoms with Gasteiger partial charge in [0.2, 0.25) is 0 Å². The smallest absolute Gasteiger partial charge is 0.0897 e. The lowest BCUT2D eigenvalue weighted by Gasteiger charge is -1.98. The van der Waals surface area contributed by atoms with Crippen molar-refractivity contribution in [2.45, 2.75) is 32.9 Å². The molecule has 66 valence electrons. The molecule has 1 aromatic rings. The number of rotatable bonds is 3. The normalized spacial score (nSPS) is 27.5. The number of aryl methyl sites for hydroxylation is 1. The maximum atomic E-state index is 4.39. The summed E-state index contributed by atoms with van der Waals surface area (Å²) in [7, 11) is 0. The second kappa shape index (κ2) is 3.15. The fourth-order valence-electron chi connectivity index (χ4n) is 1.33. The van der Waals surface area contributed by atoms with Gasteiger partial charge in [0.1, 0.15) is 0 Å². The minimum absolute atomic E-state index is 0.756. The van der Waals surface area contributed by atoms with Crippen molar-refractivity contribution in [1.82, 2.24) is 10.3 Å². The summed E-state index contributed by atoms with van der Waals surface area (Å²) in [4.78, 5) is 4.39. The fraction of sp³-hybridized carbons (Fsp3) is 0.667. The highest BCUT2D eigenvalue weighted by molar-refractivity contribution is 7.09. The Balaban J connectivity index is 1.80. The Morgan fingerprint density at radius 2 is 2.50 bits per heavy atom. The number of hydrogen-bond acceptors (Lipinski definition) is 3. The fourth-order valence-corrected chi connectivity index (χ4v) is 1.94. The van der Waals surface area contributed by atoms with Gasteiger partial charge in [-0.2, -0.15) is 0 Å². The first kappa shape index (κ1) is 8.20. The van der Waals surface area contributed by atoms with E-state index in [1.165, 1.54) is 12.1 Å². The summed E-state index contributed by atoms with van der Waals surface area (Å²) in [5, 5.41) is 6.78. The van der Waals surface area contributed by atoms with Crippen molar-refractivity contribution >= 4 is 11.3 Å². The second-order valence-electron chi connectivity index (χ2n) is 3.56. The van der Waals surface area contributed by atoms with E-state index in [9.17, 15) is 0 Å². The first-order valence-electron chi connectivity index (χ1n) is 4.40. The van der Waals surface area contributed by atoms with Crippen molar-refractivity contribution in [2.75, 3.05) is 0 Å². The van der Waals surface area contributed by atoms with Crippen LogP contribution in [0.2, 0.25) is 0 Å². The van der Waals surface area contributed by atoms with Crippen LogP contribution in [0.3, 0.4) is 0 Å². The molecule has 0 spiro atoms. The van der Waals surface area contributed by atoms with Crippen LogP contribution in [0, 0.1) is 12.8 Å². The zero-order chi connectivity index (χ0) is 8.55. The SMILES string of the molecule is Cc1nc(CN[C@@H]2C[C@H]2C)cs1. The van der Waals surface area contributed by atoms with Gasteiger partial charge < -0.3 is 5.32 Å². The van der Waals surface area contributed by atoms with Gasteiger partial charge in [-0.15, -0.1) is 11.3 Å². The summed E-state index contributed by atoms with van der Waals surface area (Å²) < 4.78 is 0. The largest absolute Gasteiger partial charge is 0.308 e. The Labute approximate surface area is 77.0 Å². The van der Waals surface area contributed by atoms with Gasteiger partial charge in [-0.25, -0.2) is 4.98 Å². The second-order valence-corrected chi connectivity index (χ2v) is 4.62. The van der Waals surface area contributed by atoms with Gasteiger partial charge in [-0.3, -0.25) is 0 Å². The minimum Gasteiger partial charge on any atom is -0.308 e. The summed E-state index contributed by atoms with van der Waals surface area (Å²) in [6.07, 6.45) is 1.34. The molecule has 2 rings (SSSR count). The lowest BCUT2D eigenvalue weighted by Crippen LogP contribution is -2.17. The number of hydrogen-bond donors (Lipinski definition) is 1. The summed E-state index contributed by atoms with van der Waals surface area (Å²) >= 11 is 1.73. The third-order valence-electron chi connectivity index (χ3n) is 2.32. The maximum absolute atomic E-state index is 4.39. The van der Waals surface area contributed by atoms with Crippen molar-refractivity contribution in [3.8, 4) is 0 Å². The van der Waals surface area contributed by atoms with E-state index in [-0.39, 0.29) is 0 Å². The summed E-state index contributed by atoms with van der Waals surface area (Å²) in [5.74, 6) is 0.879. The standard InChI is InChI=1S/C9H14N2S/c1-6-3-9(6)10-4-8-5-12-7(2)11-8/h5-6,9-10H,3-4H2,1-2H3/t6-,9-/m1/s1. The van der Waals surface area contributed by atoms with Crippen LogP contribution in [0.15, 0.2) is 5.38 Å². The van der Waals surface area contributed by atoms with Crippen molar-refractivity contribution in [1.29, 1.82) is 0 Å². The molecule has 0 saturated heterocycles. The molecule has 0 unspecified atom stereocenters. The Bertz CT molecular complexity index is 269. The van der Waals surface area contributed by atoms with Crippen molar-refractivity contribution in [3.63, 3.8) is 0 Å². The highest BCUT2D eigenvalue weighted by Gasteiger charge is 2.31. The number of thiazole rings is 1. The van der Waals surface area contributed by atoms with E-state index < -0.39 is 0 Å². The van der Waals surface area contributed by atoms with Crippen LogP contribution in [0.1, 0.15) is 24.0 Å². The average molecular weight is 182 g/mol. The zero-order valence-corrected chi connectivity index (χ0v) is 8.32. The monoisotopic (exact) mass is 182 g/mol. The molecule has 0 aromatic carbocycles. The van der Waals surface area contributed by atoms with Gasteiger partial charge in [-0.05, 0) is 19.3 Å².